The number of carbonyl (C=O) groups excluding carboxylic acids is 1. The van der Waals surface area contributed by atoms with Gasteiger partial charge < -0.3 is 14.9 Å². The molecule has 5 aliphatic rings. The highest BCUT2D eigenvalue weighted by atomic mass is 16.5. The summed E-state index contributed by atoms with van der Waals surface area (Å²) < 4.78 is 5.14. The fraction of sp³-hybridized carbons (Fsp3) is 0.875. The highest BCUT2D eigenvalue weighted by Crippen LogP contribution is 2.70. The molecule has 0 bridgehead atoms. The summed E-state index contributed by atoms with van der Waals surface area (Å²) in [5.41, 5.74) is 0.0389. The molecule has 2 N–H and O–H groups in total. The van der Waals surface area contributed by atoms with Crippen molar-refractivity contribution in [2.24, 2.45) is 34.5 Å². The van der Waals surface area contributed by atoms with E-state index in [0.29, 0.717) is 24.2 Å². The van der Waals surface area contributed by atoms with Crippen molar-refractivity contribution in [3.63, 3.8) is 0 Å². The maximum atomic E-state index is 12.2. The third-order valence-electron chi connectivity index (χ3n) is 10.3. The predicted molar refractivity (Wildman–Crippen MR) is 106 cm³/mol. The molecule has 0 aromatic carbocycles. The molecule has 1 aliphatic heterocycles. The zero-order chi connectivity index (χ0) is 19.9. The first kappa shape index (κ1) is 19.1. The van der Waals surface area contributed by atoms with Gasteiger partial charge in [0.25, 0.3) is 0 Å². The fourth-order valence-corrected chi connectivity index (χ4v) is 8.59. The van der Waals surface area contributed by atoms with Crippen molar-refractivity contribution in [1.82, 2.24) is 0 Å². The number of ether oxygens (including phenoxy) is 1. The van der Waals surface area contributed by atoms with Crippen molar-refractivity contribution in [2.45, 2.75) is 96.2 Å². The molecule has 0 aromatic heterocycles. The zero-order valence-corrected chi connectivity index (χ0v) is 17.7. The van der Waals surface area contributed by atoms with E-state index in [4.69, 9.17) is 4.74 Å². The van der Waals surface area contributed by atoms with Crippen LogP contribution in [-0.2, 0) is 9.53 Å². The summed E-state index contributed by atoms with van der Waals surface area (Å²) >= 11 is 0. The van der Waals surface area contributed by atoms with Crippen LogP contribution in [0.5, 0.6) is 0 Å². The highest BCUT2D eigenvalue weighted by Gasteiger charge is 2.68. The van der Waals surface area contributed by atoms with E-state index in [1.54, 1.807) is 6.26 Å². The average molecular weight is 389 g/mol. The lowest BCUT2D eigenvalue weighted by atomic mass is 9.42. The molecule has 0 radical (unpaired) electrons. The third-order valence-corrected chi connectivity index (χ3v) is 10.3. The molecule has 4 heteroatoms. The van der Waals surface area contributed by atoms with Gasteiger partial charge in [-0.05, 0) is 99.4 Å². The van der Waals surface area contributed by atoms with Crippen molar-refractivity contribution in [3.8, 4) is 0 Å². The average Bonchev–Trinajstić information content (AvgIpc) is 3.16. The molecule has 0 spiro atoms. The molecule has 8 atom stereocenters. The number of fused-ring (bicyclic) bond motifs is 5. The van der Waals surface area contributed by atoms with Crippen LogP contribution in [-0.4, -0.2) is 27.4 Å². The van der Waals surface area contributed by atoms with Crippen molar-refractivity contribution >= 4 is 5.97 Å². The van der Waals surface area contributed by atoms with Crippen molar-refractivity contribution < 1.29 is 19.7 Å². The number of esters is 1. The summed E-state index contributed by atoms with van der Waals surface area (Å²) in [7, 11) is 0. The first-order valence-electron chi connectivity index (χ1n) is 11.4. The molecule has 28 heavy (non-hydrogen) atoms. The quantitative estimate of drug-likeness (QED) is 0.656. The minimum atomic E-state index is -0.638. The summed E-state index contributed by atoms with van der Waals surface area (Å²) in [6.45, 7) is 6.74. The highest BCUT2D eigenvalue weighted by molar-refractivity contribution is 5.76. The lowest BCUT2D eigenvalue weighted by Crippen LogP contribution is -2.62. The molecule has 1 heterocycles. The van der Waals surface area contributed by atoms with E-state index >= 15 is 0 Å². The standard InChI is InChI=1S/C24H36O4/c1-21(26)10-11-22(2)16(13-21)4-5-19-18(22)6-8-23(3)17(7-9-24(19,23)27)15-12-20(25)28-14-15/h14,16-19,26-27H,4-13H2,1-3H3/t16-,17-,18+,19-,21+,22+,23-,24+/m1/s1. The zero-order valence-electron chi connectivity index (χ0n) is 17.7. The molecule has 0 aromatic rings. The topological polar surface area (TPSA) is 66.8 Å². The molecule has 4 fully saturated rings. The lowest BCUT2D eigenvalue weighted by molar-refractivity contribution is -0.213. The van der Waals surface area contributed by atoms with Crippen molar-refractivity contribution in [2.75, 3.05) is 0 Å². The SMILES string of the molecule is C[C@]1(O)CC[C@@]2(C)[C@H](CC[C@@H]3[C@@H]2CC[C@]2(C)[C@@H](C4=COC(=O)C4)CC[C@]32O)C1. The first-order chi connectivity index (χ1) is 13.1. The van der Waals surface area contributed by atoms with Crippen molar-refractivity contribution in [3.05, 3.63) is 11.8 Å². The van der Waals surface area contributed by atoms with Gasteiger partial charge in [0.15, 0.2) is 0 Å². The second-order valence-corrected chi connectivity index (χ2v) is 11.5. The van der Waals surface area contributed by atoms with Crippen LogP contribution in [0.4, 0.5) is 0 Å². The van der Waals surface area contributed by atoms with Gasteiger partial charge in [-0.25, -0.2) is 0 Å². The van der Waals surface area contributed by atoms with Gasteiger partial charge in [-0.1, -0.05) is 13.8 Å². The van der Waals surface area contributed by atoms with Crippen molar-refractivity contribution in [1.29, 1.82) is 0 Å². The van der Waals surface area contributed by atoms with Crippen LogP contribution in [0.25, 0.3) is 0 Å². The van der Waals surface area contributed by atoms with E-state index in [1.165, 1.54) is 0 Å². The molecule has 0 unspecified atom stereocenters. The van der Waals surface area contributed by atoms with Crippen LogP contribution >= 0.6 is 0 Å². The summed E-state index contributed by atoms with van der Waals surface area (Å²) in [6.07, 6.45) is 11.2. The summed E-state index contributed by atoms with van der Waals surface area (Å²) in [4.78, 5) is 11.7. The Morgan fingerprint density at radius 2 is 1.75 bits per heavy atom. The minimum absolute atomic E-state index is 0.148. The van der Waals surface area contributed by atoms with Gasteiger partial charge >= 0.3 is 5.97 Å². The van der Waals surface area contributed by atoms with Crippen LogP contribution < -0.4 is 0 Å². The number of cyclic esters (lactones) is 1. The molecule has 156 valence electrons. The van der Waals surface area contributed by atoms with Gasteiger partial charge in [0, 0.05) is 5.41 Å². The second kappa shape index (κ2) is 5.85. The number of aliphatic hydroxyl groups is 2. The Kier molecular flexibility index (Phi) is 3.99. The van der Waals surface area contributed by atoms with E-state index in [9.17, 15) is 15.0 Å². The molecular weight excluding hydrogens is 352 g/mol. The summed E-state index contributed by atoms with van der Waals surface area (Å²) in [5, 5.41) is 22.8. The molecule has 0 amide bonds. The Morgan fingerprint density at radius 1 is 0.964 bits per heavy atom. The molecular formula is C24H36O4. The first-order valence-corrected chi connectivity index (χ1v) is 11.4. The Balaban J connectivity index is 1.45. The van der Waals surface area contributed by atoms with E-state index in [1.807, 2.05) is 6.92 Å². The van der Waals surface area contributed by atoms with Crippen LogP contribution in [0.3, 0.4) is 0 Å². The number of carbonyl (C=O) groups is 1. The van der Waals surface area contributed by atoms with Crippen LogP contribution in [0, 0.1) is 34.5 Å². The Bertz CT molecular complexity index is 726. The Hall–Kier alpha value is -0.870. The van der Waals surface area contributed by atoms with Gasteiger partial charge in [-0.2, -0.15) is 0 Å². The van der Waals surface area contributed by atoms with E-state index < -0.39 is 11.2 Å². The maximum Gasteiger partial charge on any atom is 0.314 e. The maximum absolute atomic E-state index is 12.2. The van der Waals surface area contributed by atoms with Gasteiger partial charge in [-0.3, -0.25) is 4.79 Å². The normalized spacial score (nSPS) is 55.8. The summed E-state index contributed by atoms with van der Waals surface area (Å²) in [5.74, 6) is 1.59. The molecule has 4 nitrogen and oxygen atoms in total. The second-order valence-electron chi connectivity index (χ2n) is 11.5. The van der Waals surface area contributed by atoms with Crippen LogP contribution in [0.1, 0.15) is 85.0 Å². The van der Waals surface area contributed by atoms with Crippen LogP contribution in [0.2, 0.25) is 0 Å². The Morgan fingerprint density at radius 3 is 2.46 bits per heavy atom. The smallest absolute Gasteiger partial charge is 0.314 e. The predicted octanol–water partition coefficient (Wildman–Crippen LogP) is 4.34. The van der Waals surface area contributed by atoms with E-state index in [-0.39, 0.29) is 22.7 Å². The molecule has 5 rings (SSSR count). The van der Waals surface area contributed by atoms with Gasteiger partial charge in [0.1, 0.15) is 0 Å². The number of hydrogen-bond donors (Lipinski definition) is 2. The lowest BCUT2D eigenvalue weighted by Gasteiger charge is -2.64. The number of hydrogen-bond acceptors (Lipinski definition) is 4. The fourth-order valence-electron chi connectivity index (χ4n) is 8.59. The number of rotatable bonds is 1. The van der Waals surface area contributed by atoms with Gasteiger partial charge in [0.05, 0.1) is 23.9 Å². The van der Waals surface area contributed by atoms with Crippen LogP contribution in [0.15, 0.2) is 11.8 Å². The Labute approximate surface area is 168 Å². The third kappa shape index (κ3) is 2.40. The molecule has 4 aliphatic carbocycles. The monoisotopic (exact) mass is 388 g/mol. The van der Waals surface area contributed by atoms with Gasteiger partial charge in [-0.15, -0.1) is 0 Å². The molecule has 0 saturated heterocycles. The largest absolute Gasteiger partial charge is 0.434 e. The van der Waals surface area contributed by atoms with Gasteiger partial charge in [0.2, 0.25) is 0 Å². The van der Waals surface area contributed by atoms with E-state index in [2.05, 4.69) is 13.8 Å². The molecule has 4 saturated carbocycles. The van der Waals surface area contributed by atoms with E-state index in [0.717, 1.165) is 63.4 Å². The minimum Gasteiger partial charge on any atom is -0.434 e. The summed E-state index contributed by atoms with van der Waals surface area (Å²) in [6, 6.07) is 0.